The second kappa shape index (κ2) is 7.89. The molecule has 1 saturated heterocycles. The molecule has 4 heterocycles. The molecule has 0 spiro atoms. The molecular weight excluding hydrogens is 442 g/mol. The van der Waals surface area contributed by atoms with E-state index in [-0.39, 0.29) is 24.3 Å². The topological polar surface area (TPSA) is 87.4 Å². The van der Waals surface area contributed by atoms with Gasteiger partial charge in [0, 0.05) is 18.8 Å². The van der Waals surface area contributed by atoms with Crippen LogP contribution in [0.1, 0.15) is 19.0 Å². The van der Waals surface area contributed by atoms with Crippen molar-refractivity contribution < 1.29 is 31.4 Å². The first kappa shape index (κ1) is 22.3. The standard InChI is InChI=1S/C19H18F6N6O/c1-18(32,19(23,24)25)14-8-31-13(6-28-15(31)7-27-14)16-10(21)4-11(22)17(30-16)29-12-5-26-3-2-9(12)20/h4,6-9,12,26,32H,2-3,5H2,1H3,(H,29,30). The SMILES string of the molecule is CC(O)(c1cn2c(-c3nc(NC4CNCCC4F)c(F)cc3F)cnc2cn1)C(F)(F)F. The van der Waals surface area contributed by atoms with Crippen molar-refractivity contribution in [1.82, 2.24) is 24.7 Å². The number of alkyl halides is 4. The van der Waals surface area contributed by atoms with Crippen LogP contribution in [0, 0.1) is 11.6 Å². The Hall–Kier alpha value is -2.93. The maximum absolute atomic E-state index is 14.6. The van der Waals surface area contributed by atoms with E-state index < -0.39 is 52.8 Å². The summed E-state index contributed by atoms with van der Waals surface area (Å²) in [6, 6.07) is -0.259. The molecule has 4 rings (SSSR count). The Labute approximate surface area is 177 Å². The molecule has 32 heavy (non-hydrogen) atoms. The van der Waals surface area contributed by atoms with Gasteiger partial charge in [0.15, 0.2) is 23.1 Å². The molecule has 0 bridgehead atoms. The van der Waals surface area contributed by atoms with E-state index in [9.17, 15) is 31.4 Å². The second-order valence-electron chi connectivity index (χ2n) is 7.62. The van der Waals surface area contributed by atoms with Crippen LogP contribution < -0.4 is 10.6 Å². The molecule has 172 valence electrons. The predicted octanol–water partition coefficient (Wildman–Crippen LogP) is 2.95. The minimum Gasteiger partial charge on any atom is -0.375 e. The number of aliphatic hydroxyl groups is 1. The molecule has 0 aliphatic carbocycles. The summed E-state index contributed by atoms with van der Waals surface area (Å²) in [6.45, 7) is 1.19. The van der Waals surface area contributed by atoms with Crippen molar-refractivity contribution in [3.63, 3.8) is 0 Å². The van der Waals surface area contributed by atoms with Gasteiger partial charge in [0.1, 0.15) is 11.9 Å². The van der Waals surface area contributed by atoms with E-state index >= 15 is 0 Å². The first-order chi connectivity index (χ1) is 15.0. The quantitative estimate of drug-likeness (QED) is 0.519. The molecule has 0 saturated carbocycles. The van der Waals surface area contributed by atoms with E-state index in [1.165, 1.54) is 0 Å². The van der Waals surface area contributed by atoms with Gasteiger partial charge in [-0.15, -0.1) is 0 Å². The van der Waals surface area contributed by atoms with Crippen LogP contribution >= 0.6 is 0 Å². The third-order valence-electron chi connectivity index (χ3n) is 5.34. The summed E-state index contributed by atoms with van der Waals surface area (Å²) in [7, 11) is 0. The minimum atomic E-state index is -5.03. The number of nitrogens with zero attached hydrogens (tertiary/aromatic N) is 4. The number of pyridine rings is 1. The summed E-state index contributed by atoms with van der Waals surface area (Å²) < 4.78 is 83.7. The monoisotopic (exact) mass is 460 g/mol. The number of hydrogen-bond donors (Lipinski definition) is 3. The second-order valence-corrected chi connectivity index (χ2v) is 7.62. The summed E-state index contributed by atoms with van der Waals surface area (Å²) in [4.78, 5) is 11.5. The van der Waals surface area contributed by atoms with Crippen molar-refractivity contribution in [3.05, 3.63) is 42.0 Å². The van der Waals surface area contributed by atoms with Crippen molar-refractivity contribution in [2.45, 2.75) is 37.3 Å². The smallest absolute Gasteiger partial charge is 0.375 e. The van der Waals surface area contributed by atoms with Crippen LogP contribution in [0.5, 0.6) is 0 Å². The van der Waals surface area contributed by atoms with Crippen molar-refractivity contribution >= 4 is 11.5 Å². The number of hydrogen-bond acceptors (Lipinski definition) is 6. The van der Waals surface area contributed by atoms with Crippen LogP contribution in [0.25, 0.3) is 17.0 Å². The van der Waals surface area contributed by atoms with E-state index in [0.29, 0.717) is 19.5 Å². The first-order valence-corrected chi connectivity index (χ1v) is 9.59. The third kappa shape index (κ3) is 3.86. The minimum absolute atomic E-state index is 0.0436. The normalized spacial score (nSPS) is 21.5. The van der Waals surface area contributed by atoms with Gasteiger partial charge in [-0.1, -0.05) is 0 Å². The molecule has 3 atom stereocenters. The number of fused-ring (bicyclic) bond motifs is 1. The zero-order chi connectivity index (χ0) is 23.3. The van der Waals surface area contributed by atoms with Crippen molar-refractivity contribution in [2.24, 2.45) is 0 Å². The number of rotatable bonds is 4. The number of halogens is 6. The van der Waals surface area contributed by atoms with Crippen LogP contribution in [0.15, 0.2) is 24.7 Å². The van der Waals surface area contributed by atoms with Crippen LogP contribution in [-0.4, -0.2) is 55.9 Å². The summed E-state index contributed by atoms with van der Waals surface area (Å²) in [5, 5.41) is 15.5. The molecular formula is C19H18F6N6O. The molecule has 3 N–H and O–H groups in total. The van der Waals surface area contributed by atoms with Gasteiger partial charge >= 0.3 is 6.18 Å². The Morgan fingerprint density at radius 2 is 1.94 bits per heavy atom. The molecule has 3 aromatic heterocycles. The van der Waals surface area contributed by atoms with Gasteiger partial charge in [0.25, 0.3) is 0 Å². The fourth-order valence-electron chi connectivity index (χ4n) is 3.35. The number of piperidine rings is 1. The lowest BCUT2D eigenvalue weighted by Gasteiger charge is -2.28. The molecule has 1 fully saturated rings. The van der Waals surface area contributed by atoms with Gasteiger partial charge in [0.05, 0.1) is 29.8 Å². The molecule has 0 radical (unpaired) electrons. The van der Waals surface area contributed by atoms with Crippen LogP contribution in [0.2, 0.25) is 0 Å². The van der Waals surface area contributed by atoms with Crippen molar-refractivity contribution in [1.29, 1.82) is 0 Å². The van der Waals surface area contributed by atoms with E-state index in [4.69, 9.17) is 0 Å². The Kier molecular flexibility index (Phi) is 5.49. The Morgan fingerprint density at radius 3 is 2.62 bits per heavy atom. The van der Waals surface area contributed by atoms with E-state index in [2.05, 4.69) is 25.6 Å². The lowest BCUT2D eigenvalue weighted by molar-refractivity contribution is -0.260. The average molecular weight is 460 g/mol. The molecule has 1 aliphatic heterocycles. The zero-order valence-corrected chi connectivity index (χ0v) is 16.6. The summed E-state index contributed by atoms with van der Waals surface area (Å²) in [5.41, 5.74) is -4.53. The predicted molar refractivity (Wildman–Crippen MR) is 102 cm³/mol. The highest BCUT2D eigenvalue weighted by Crippen LogP contribution is 2.38. The largest absolute Gasteiger partial charge is 0.422 e. The Balaban J connectivity index is 1.77. The first-order valence-electron chi connectivity index (χ1n) is 9.59. The zero-order valence-electron chi connectivity index (χ0n) is 16.6. The van der Waals surface area contributed by atoms with Crippen molar-refractivity contribution in [2.75, 3.05) is 18.4 Å². The number of nitrogens with one attached hydrogen (secondary N) is 2. The third-order valence-corrected chi connectivity index (χ3v) is 5.34. The summed E-state index contributed by atoms with van der Waals surface area (Å²) in [5.74, 6) is -2.57. The lowest BCUT2D eigenvalue weighted by Crippen LogP contribution is -2.46. The Morgan fingerprint density at radius 1 is 1.19 bits per heavy atom. The maximum Gasteiger partial charge on any atom is 0.422 e. The van der Waals surface area contributed by atoms with Crippen LogP contribution in [0.4, 0.5) is 32.2 Å². The molecule has 13 heteroatoms. The van der Waals surface area contributed by atoms with Crippen LogP contribution in [0.3, 0.4) is 0 Å². The number of imidazole rings is 1. The fourth-order valence-corrected chi connectivity index (χ4v) is 3.35. The van der Waals surface area contributed by atoms with E-state index in [1.54, 1.807) is 0 Å². The fraction of sp³-hybridized carbons (Fsp3) is 0.421. The van der Waals surface area contributed by atoms with Gasteiger partial charge in [0.2, 0.25) is 5.60 Å². The average Bonchev–Trinajstić information content (AvgIpc) is 3.13. The highest BCUT2D eigenvalue weighted by atomic mass is 19.4. The molecule has 0 amide bonds. The molecule has 1 aliphatic rings. The van der Waals surface area contributed by atoms with Gasteiger partial charge in [-0.25, -0.2) is 23.1 Å². The number of anilines is 1. The van der Waals surface area contributed by atoms with Gasteiger partial charge < -0.3 is 15.7 Å². The van der Waals surface area contributed by atoms with E-state index in [0.717, 1.165) is 23.0 Å². The van der Waals surface area contributed by atoms with Gasteiger partial charge in [-0.3, -0.25) is 9.38 Å². The number of aromatic nitrogens is 4. The highest BCUT2D eigenvalue weighted by Gasteiger charge is 2.52. The molecule has 3 aromatic rings. The maximum atomic E-state index is 14.6. The molecule has 0 aromatic carbocycles. The highest BCUT2D eigenvalue weighted by molar-refractivity contribution is 5.62. The summed E-state index contributed by atoms with van der Waals surface area (Å²) in [6.07, 6.45) is -3.15. The lowest BCUT2D eigenvalue weighted by atomic mass is 10.0. The Bertz CT molecular complexity index is 1150. The van der Waals surface area contributed by atoms with Gasteiger partial charge in [-0.2, -0.15) is 13.2 Å². The molecule has 7 nitrogen and oxygen atoms in total. The molecule has 3 unspecified atom stereocenters. The van der Waals surface area contributed by atoms with Gasteiger partial charge in [-0.05, 0) is 19.9 Å². The summed E-state index contributed by atoms with van der Waals surface area (Å²) >= 11 is 0. The van der Waals surface area contributed by atoms with E-state index in [1.807, 2.05) is 0 Å². The van der Waals surface area contributed by atoms with Crippen LogP contribution in [-0.2, 0) is 5.60 Å². The van der Waals surface area contributed by atoms with Crippen molar-refractivity contribution in [3.8, 4) is 11.4 Å².